The number of ether oxygens (including phenoxy) is 2. The van der Waals surface area contributed by atoms with E-state index in [2.05, 4.69) is 22.5 Å². The average molecular weight is 434 g/mol. The lowest BCUT2D eigenvalue weighted by Gasteiger charge is -2.31. The van der Waals surface area contributed by atoms with Gasteiger partial charge in [0.05, 0.1) is 5.39 Å². The molecule has 0 atom stereocenters. The molecule has 32 heavy (non-hydrogen) atoms. The van der Waals surface area contributed by atoms with Crippen LogP contribution in [0.2, 0.25) is 0 Å². The van der Waals surface area contributed by atoms with Crippen LogP contribution in [0.15, 0.2) is 47.3 Å². The summed E-state index contributed by atoms with van der Waals surface area (Å²) in [5.41, 5.74) is 1.12. The fourth-order valence-electron chi connectivity index (χ4n) is 4.94. The molecule has 1 N–H and O–H groups in total. The van der Waals surface area contributed by atoms with Crippen LogP contribution in [-0.4, -0.2) is 35.4 Å². The predicted molar refractivity (Wildman–Crippen MR) is 122 cm³/mol. The summed E-state index contributed by atoms with van der Waals surface area (Å²) in [6, 6.07) is 13.3. The first kappa shape index (κ1) is 20.5. The molecule has 0 saturated heterocycles. The van der Waals surface area contributed by atoms with Crippen LogP contribution >= 0.6 is 0 Å². The first-order chi connectivity index (χ1) is 15.6. The predicted octanol–water partition coefficient (Wildman–Crippen LogP) is 3.43. The van der Waals surface area contributed by atoms with Crippen molar-refractivity contribution in [2.24, 2.45) is 0 Å². The largest absolute Gasteiger partial charge is 0.486 e. The first-order valence-electron chi connectivity index (χ1n) is 11.3. The zero-order valence-electron chi connectivity index (χ0n) is 18.2. The number of carbonyl (C=O) groups excluding carboxylic acids is 1. The molecule has 7 nitrogen and oxygen atoms in total. The standard InChI is InChI=1S/C25H27N3O4/c1-2-28-24(30)19-8-4-3-7-18(19)22(27-28)23(29)26-16-25(11-5-6-12-25)17-9-10-20-21(15-17)32-14-13-31-20/h3-4,7-10,15H,2,5-6,11-14,16H2,1H3,(H,26,29). The molecule has 1 aromatic heterocycles. The van der Waals surface area contributed by atoms with Crippen molar-refractivity contribution in [3.8, 4) is 11.5 Å². The molecule has 1 saturated carbocycles. The second-order valence-electron chi connectivity index (χ2n) is 8.54. The second-order valence-corrected chi connectivity index (χ2v) is 8.54. The topological polar surface area (TPSA) is 82.5 Å². The molecule has 0 bridgehead atoms. The summed E-state index contributed by atoms with van der Waals surface area (Å²) < 4.78 is 12.8. The van der Waals surface area contributed by atoms with Crippen LogP contribution in [0.25, 0.3) is 10.8 Å². The third-order valence-electron chi connectivity index (χ3n) is 6.68. The highest BCUT2D eigenvalue weighted by atomic mass is 16.6. The van der Waals surface area contributed by atoms with E-state index in [-0.39, 0.29) is 22.6 Å². The van der Waals surface area contributed by atoms with Gasteiger partial charge in [-0.2, -0.15) is 5.10 Å². The molecule has 2 heterocycles. The number of benzene rings is 2. The van der Waals surface area contributed by atoms with Gasteiger partial charge in [-0.1, -0.05) is 37.1 Å². The number of hydrogen-bond acceptors (Lipinski definition) is 5. The van der Waals surface area contributed by atoms with Gasteiger partial charge in [0, 0.05) is 23.9 Å². The van der Waals surface area contributed by atoms with Gasteiger partial charge >= 0.3 is 0 Å². The average Bonchev–Trinajstić information content (AvgIpc) is 3.33. The molecule has 0 spiro atoms. The maximum Gasteiger partial charge on any atom is 0.274 e. The van der Waals surface area contributed by atoms with Gasteiger partial charge in [0.1, 0.15) is 13.2 Å². The number of fused-ring (bicyclic) bond motifs is 2. The lowest BCUT2D eigenvalue weighted by Crippen LogP contribution is -2.40. The smallest absolute Gasteiger partial charge is 0.274 e. The minimum Gasteiger partial charge on any atom is -0.486 e. The molecular formula is C25H27N3O4. The lowest BCUT2D eigenvalue weighted by molar-refractivity contribution is 0.0937. The molecular weight excluding hydrogens is 406 g/mol. The van der Waals surface area contributed by atoms with Crippen LogP contribution in [0.3, 0.4) is 0 Å². The molecule has 166 valence electrons. The number of aryl methyl sites for hydroxylation is 1. The highest BCUT2D eigenvalue weighted by Crippen LogP contribution is 2.43. The van der Waals surface area contributed by atoms with E-state index in [1.54, 1.807) is 18.2 Å². The number of amides is 1. The summed E-state index contributed by atoms with van der Waals surface area (Å²) >= 11 is 0. The summed E-state index contributed by atoms with van der Waals surface area (Å²) in [5, 5.41) is 8.60. The molecule has 2 aromatic carbocycles. The summed E-state index contributed by atoms with van der Waals surface area (Å²) in [6.45, 7) is 3.87. The molecule has 1 aliphatic carbocycles. The summed E-state index contributed by atoms with van der Waals surface area (Å²) in [6.07, 6.45) is 4.23. The van der Waals surface area contributed by atoms with Crippen LogP contribution in [0.4, 0.5) is 0 Å². The summed E-state index contributed by atoms with van der Waals surface area (Å²) in [4.78, 5) is 25.9. The fourth-order valence-corrected chi connectivity index (χ4v) is 4.94. The Labute approximate surface area is 186 Å². The number of aromatic nitrogens is 2. The summed E-state index contributed by atoms with van der Waals surface area (Å²) in [7, 11) is 0. The Morgan fingerprint density at radius 3 is 2.53 bits per heavy atom. The van der Waals surface area contributed by atoms with Gasteiger partial charge in [-0.3, -0.25) is 9.59 Å². The van der Waals surface area contributed by atoms with Gasteiger partial charge in [0.2, 0.25) is 0 Å². The van der Waals surface area contributed by atoms with Crippen molar-refractivity contribution in [2.75, 3.05) is 19.8 Å². The number of nitrogens with one attached hydrogen (secondary N) is 1. The van der Waals surface area contributed by atoms with Gasteiger partial charge in [0.25, 0.3) is 11.5 Å². The maximum absolute atomic E-state index is 13.3. The SMILES string of the molecule is CCn1nc(C(=O)NCC2(c3ccc4c(c3)OCCO4)CCCC2)c2ccccc2c1=O. The van der Waals surface area contributed by atoms with E-state index in [0.717, 1.165) is 42.7 Å². The molecule has 3 aromatic rings. The normalized spacial score (nSPS) is 16.8. The Bertz CT molecular complexity index is 1230. The van der Waals surface area contributed by atoms with Crippen molar-refractivity contribution in [2.45, 2.75) is 44.6 Å². The number of carbonyl (C=O) groups is 1. The van der Waals surface area contributed by atoms with Crippen LogP contribution in [-0.2, 0) is 12.0 Å². The fraction of sp³-hybridized carbons (Fsp3) is 0.400. The van der Waals surface area contributed by atoms with Crippen molar-refractivity contribution < 1.29 is 14.3 Å². The minimum atomic E-state index is -0.257. The maximum atomic E-state index is 13.3. The van der Waals surface area contributed by atoms with Gasteiger partial charge in [-0.05, 0) is 43.5 Å². The molecule has 7 heteroatoms. The van der Waals surface area contributed by atoms with E-state index in [1.165, 1.54) is 4.68 Å². The third-order valence-corrected chi connectivity index (χ3v) is 6.68. The van der Waals surface area contributed by atoms with E-state index >= 15 is 0 Å². The van der Waals surface area contributed by atoms with Crippen molar-refractivity contribution in [3.05, 3.63) is 64.1 Å². The minimum absolute atomic E-state index is 0.152. The monoisotopic (exact) mass is 433 g/mol. The molecule has 1 aliphatic heterocycles. The Morgan fingerprint density at radius 1 is 1.06 bits per heavy atom. The Hall–Kier alpha value is -3.35. The highest BCUT2D eigenvalue weighted by Gasteiger charge is 2.37. The zero-order valence-corrected chi connectivity index (χ0v) is 18.2. The number of hydrogen-bond donors (Lipinski definition) is 1. The van der Waals surface area contributed by atoms with E-state index < -0.39 is 0 Å². The van der Waals surface area contributed by atoms with Crippen molar-refractivity contribution in [1.82, 2.24) is 15.1 Å². The van der Waals surface area contributed by atoms with Gasteiger partial charge in [-0.15, -0.1) is 0 Å². The Morgan fingerprint density at radius 2 is 1.78 bits per heavy atom. The number of rotatable bonds is 5. The second kappa shape index (κ2) is 8.30. The Kier molecular flexibility index (Phi) is 5.33. The Balaban J connectivity index is 1.45. The van der Waals surface area contributed by atoms with Gasteiger partial charge in [0.15, 0.2) is 17.2 Å². The molecule has 0 unspecified atom stereocenters. The highest BCUT2D eigenvalue weighted by molar-refractivity contribution is 6.04. The van der Waals surface area contributed by atoms with E-state index in [0.29, 0.717) is 37.1 Å². The quantitative estimate of drug-likeness (QED) is 0.667. The first-order valence-corrected chi connectivity index (χ1v) is 11.3. The molecule has 2 aliphatic rings. The zero-order chi connectivity index (χ0) is 22.1. The van der Waals surface area contributed by atoms with Crippen molar-refractivity contribution in [1.29, 1.82) is 0 Å². The van der Waals surface area contributed by atoms with Crippen LogP contribution < -0.4 is 20.3 Å². The molecule has 1 amide bonds. The van der Waals surface area contributed by atoms with Crippen LogP contribution in [0, 0.1) is 0 Å². The van der Waals surface area contributed by atoms with Gasteiger partial charge < -0.3 is 14.8 Å². The molecule has 1 fully saturated rings. The van der Waals surface area contributed by atoms with Crippen molar-refractivity contribution in [3.63, 3.8) is 0 Å². The van der Waals surface area contributed by atoms with Gasteiger partial charge in [-0.25, -0.2) is 4.68 Å². The van der Waals surface area contributed by atoms with E-state index in [1.807, 2.05) is 19.1 Å². The van der Waals surface area contributed by atoms with E-state index in [4.69, 9.17) is 9.47 Å². The molecule has 5 rings (SSSR count). The van der Waals surface area contributed by atoms with Crippen LogP contribution in [0.5, 0.6) is 11.5 Å². The lowest BCUT2D eigenvalue weighted by atomic mass is 9.78. The van der Waals surface area contributed by atoms with E-state index in [9.17, 15) is 9.59 Å². The number of nitrogens with zero attached hydrogens (tertiary/aromatic N) is 2. The summed E-state index contributed by atoms with van der Waals surface area (Å²) in [5.74, 6) is 1.29. The van der Waals surface area contributed by atoms with Crippen molar-refractivity contribution >= 4 is 16.7 Å². The third kappa shape index (κ3) is 3.51. The van der Waals surface area contributed by atoms with Crippen LogP contribution in [0.1, 0.15) is 48.7 Å². The molecule has 0 radical (unpaired) electrons.